The first-order valence-electron chi connectivity index (χ1n) is 9.30. The molecule has 0 spiro atoms. The second kappa shape index (κ2) is 8.61. The number of carbonyl (C=O) groups is 1. The molecular weight excluding hydrogens is 391 g/mol. The number of para-hydroxylation sites is 1. The molecule has 7 heteroatoms. The maximum absolute atomic E-state index is 14.3. The number of fused-ring (bicyclic) bond motifs is 1. The maximum atomic E-state index is 14.3. The van der Waals surface area contributed by atoms with Crippen molar-refractivity contribution in [2.45, 2.75) is 25.9 Å². The lowest BCUT2D eigenvalue weighted by atomic mass is 10.1. The number of rotatable bonds is 7. The summed E-state index contributed by atoms with van der Waals surface area (Å²) in [5.74, 6) is -1.17. The average Bonchev–Trinajstić information content (AvgIpc) is 2.70. The summed E-state index contributed by atoms with van der Waals surface area (Å²) < 4.78 is 39.9. The standard InChI is InChI=1S/C22H23FN2O3S/c1-3-20(25(29(2,27)28)21-11-7-6-10-19(21)23)22(26)24-15-16-12-13-17-8-4-5-9-18(17)14-16/h4-14,20H,3,15H2,1-2H3,(H,24,26)/t20-/m1/s1. The van der Waals surface area contributed by atoms with Gasteiger partial charge in [-0.1, -0.05) is 55.5 Å². The predicted octanol–water partition coefficient (Wildman–Crippen LogP) is 3.84. The highest BCUT2D eigenvalue weighted by Gasteiger charge is 2.32. The van der Waals surface area contributed by atoms with Crippen LogP contribution in [0.25, 0.3) is 10.8 Å². The van der Waals surface area contributed by atoms with Crippen LogP contribution in [-0.4, -0.2) is 26.6 Å². The van der Waals surface area contributed by atoms with Crippen LogP contribution in [0.5, 0.6) is 0 Å². The van der Waals surface area contributed by atoms with Crippen molar-refractivity contribution in [3.63, 3.8) is 0 Å². The monoisotopic (exact) mass is 414 g/mol. The fourth-order valence-electron chi connectivity index (χ4n) is 3.32. The summed E-state index contributed by atoms with van der Waals surface area (Å²) in [5.41, 5.74) is 0.756. The van der Waals surface area contributed by atoms with E-state index < -0.39 is 27.8 Å². The number of hydrogen-bond acceptors (Lipinski definition) is 3. The van der Waals surface area contributed by atoms with Gasteiger partial charge in [-0.2, -0.15) is 0 Å². The van der Waals surface area contributed by atoms with E-state index in [-0.39, 0.29) is 18.7 Å². The molecular formula is C22H23FN2O3S. The zero-order valence-corrected chi connectivity index (χ0v) is 17.1. The summed E-state index contributed by atoms with van der Waals surface area (Å²) in [4.78, 5) is 12.8. The van der Waals surface area contributed by atoms with E-state index in [2.05, 4.69) is 5.32 Å². The largest absolute Gasteiger partial charge is 0.350 e. The molecule has 0 aliphatic rings. The normalized spacial score (nSPS) is 12.5. The van der Waals surface area contributed by atoms with Gasteiger partial charge in [-0.25, -0.2) is 12.8 Å². The molecule has 0 aliphatic carbocycles. The molecule has 29 heavy (non-hydrogen) atoms. The van der Waals surface area contributed by atoms with Crippen molar-refractivity contribution in [2.75, 3.05) is 10.6 Å². The Kier molecular flexibility index (Phi) is 6.17. The van der Waals surface area contributed by atoms with Crippen molar-refractivity contribution >= 4 is 32.4 Å². The lowest BCUT2D eigenvalue weighted by molar-refractivity contribution is -0.122. The molecule has 1 N–H and O–H groups in total. The molecule has 0 saturated heterocycles. The van der Waals surface area contributed by atoms with Crippen LogP contribution in [0.4, 0.5) is 10.1 Å². The summed E-state index contributed by atoms with van der Waals surface area (Å²) in [6.07, 6.45) is 1.17. The Labute approximate surface area is 170 Å². The predicted molar refractivity (Wildman–Crippen MR) is 114 cm³/mol. The van der Waals surface area contributed by atoms with E-state index in [0.717, 1.165) is 26.9 Å². The number of amides is 1. The Balaban J connectivity index is 1.83. The minimum absolute atomic E-state index is 0.136. The number of nitrogens with one attached hydrogen (secondary N) is 1. The fraction of sp³-hybridized carbons (Fsp3) is 0.227. The average molecular weight is 415 g/mol. The third kappa shape index (κ3) is 4.74. The van der Waals surface area contributed by atoms with Gasteiger partial charge in [-0.05, 0) is 41.0 Å². The summed E-state index contributed by atoms with van der Waals surface area (Å²) in [6, 6.07) is 18.2. The van der Waals surface area contributed by atoms with Gasteiger partial charge in [0, 0.05) is 6.54 Å². The van der Waals surface area contributed by atoms with Crippen LogP contribution >= 0.6 is 0 Å². The first-order chi connectivity index (χ1) is 13.8. The van der Waals surface area contributed by atoms with Crippen molar-refractivity contribution in [2.24, 2.45) is 0 Å². The van der Waals surface area contributed by atoms with Gasteiger partial charge in [0.2, 0.25) is 15.9 Å². The zero-order valence-electron chi connectivity index (χ0n) is 16.3. The van der Waals surface area contributed by atoms with Crippen molar-refractivity contribution in [1.82, 2.24) is 5.32 Å². The molecule has 0 aromatic heterocycles. The highest BCUT2D eigenvalue weighted by atomic mass is 32.2. The first-order valence-corrected chi connectivity index (χ1v) is 11.2. The molecule has 0 aliphatic heterocycles. The smallest absolute Gasteiger partial charge is 0.244 e. The van der Waals surface area contributed by atoms with Crippen LogP contribution in [0.2, 0.25) is 0 Å². The Bertz CT molecular complexity index is 1130. The number of carbonyl (C=O) groups excluding carboxylic acids is 1. The Morgan fingerprint density at radius 2 is 1.69 bits per heavy atom. The lowest BCUT2D eigenvalue weighted by Gasteiger charge is -2.30. The minimum atomic E-state index is -3.88. The number of benzene rings is 3. The van der Waals surface area contributed by atoms with Crippen molar-refractivity contribution in [1.29, 1.82) is 0 Å². The topological polar surface area (TPSA) is 66.5 Å². The van der Waals surface area contributed by atoms with E-state index in [9.17, 15) is 17.6 Å². The van der Waals surface area contributed by atoms with Crippen LogP contribution in [-0.2, 0) is 21.4 Å². The van der Waals surface area contributed by atoms with Gasteiger partial charge in [0.1, 0.15) is 11.9 Å². The molecule has 0 bridgehead atoms. The zero-order chi connectivity index (χ0) is 21.0. The number of halogens is 1. The van der Waals surface area contributed by atoms with E-state index in [1.807, 2.05) is 42.5 Å². The fourth-order valence-corrected chi connectivity index (χ4v) is 4.53. The van der Waals surface area contributed by atoms with E-state index in [4.69, 9.17) is 0 Å². The lowest BCUT2D eigenvalue weighted by Crippen LogP contribution is -2.49. The molecule has 152 valence electrons. The Hall–Kier alpha value is -2.93. The maximum Gasteiger partial charge on any atom is 0.244 e. The van der Waals surface area contributed by atoms with Gasteiger partial charge in [-0.3, -0.25) is 9.10 Å². The van der Waals surface area contributed by atoms with Crippen molar-refractivity contribution < 1.29 is 17.6 Å². The summed E-state index contributed by atoms with van der Waals surface area (Å²) in [5, 5.41) is 4.93. The molecule has 5 nitrogen and oxygen atoms in total. The number of nitrogens with zero attached hydrogens (tertiary/aromatic N) is 1. The summed E-state index contributed by atoms with van der Waals surface area (Å²) in [6.45, 7) is 1.94. The Morgan fingerprint density at radius 1 is 1.03 bits per heavy atom. The van der Waals surface area contributed by atoms with E-state index >= 15 is 0 Å². The van der Waals surface area contributed by atoms with Crippen LogP contribution < -0.4 is 9.62 Å². The molecule has 1 atom stereocenters. The molecule has 0 unspecified atom stereocenters. The van der Waals surface area contributed by atoms with Gasteiger partial charge >= 0.3 is 0 Å². The summed E-state index contributed by atoms with van der Waals surface area (Å²) >= 11 is 0. The third-order valence-electron chi connectivity index (χ3n) is 4.70. The molecule has 1 amide bonds. The number of sulfonamides is 1. The highest BCUT2D eigenvalue weighted by molar-refractivity contribution is 7.92. The van der Waals surface area contributed by atoms with Gasteiger partial charge in [0.15, 0.2) is 0 Å². The van der Waals surface area contributed by atoms with Gasteiger partial charge in [0.05, 0.1) is 11.9 Å². The number of hydrogen-bond donors (Lipinski definition) is 1. The minimum Gasteiger partial charge on any atom is -0.350 e. The van der Waals surface area contributed by atoms with Gasteiger partial charge in [-0.15, -0.1) is 0 Å². The SMILES string of the molecule is CC[C@H](C(=O)NCc1ccc2ccccc2c1)N(c1ccccc1F)S(C)(=O)=O. The van der Waals surface area contributed by atoms with E-state index in [0.29, 0.717) is 0 Å². The highest BCUT2D eigenvalue weighted by Crippen LogP contribution is 2.25. The van der Waals surface area contributed by atoms with E-state index in [1.54, 1.807) is 6.92 Å². The molecule has 3 aromatic carbocycles. The van der Waals surface area contributed by atoms with Crippen LogP contribution in [0.1, 0.15) is 18.9 Å². The van der Waals surface area contributed by atoms with Gasteiger partial charge in [0.25, 0.3) is 0 Å². The molecule has 0 heterocycles. The van der Waals surface area contributed by atoms with E-state index in [1.165, 1.54) is 24.3 Å². The third-order valence-corrected chi connectivity index (χ3v) is 5.87. The second-order valence-electron chi connectivity index (χ2n) is 6.83. The van der Waals surface area contributed by atoms with Gasteiger partial charge < -0.3 is 5.32 Å². The van der Waals surface area contributed by atoms with Crippen LogP contribution in [0.3, 0.4) is 0 Å². The van der Waals surface area contributed by atoms with Crippen LogP contribution in [0.15, 0.2) is 66.7 Å². The Morgan fingerprint density at radius 3 is 2.34 bits per heavy atom. The molecule has 3 rings (SSSR count). The molecule has 3 aromatic rings. The molecule has 0 fully saturated rings. The number of anilines is 1. The van der Waals surface area contributed by atoms with Crippen molar-refractivity contribution in [3.05, 3.63) is 78.1 Å². The summed E-state index contributed by atoms with van der Waals surface area (Å²) in [7, 11) is -3.88. The molecule has 0 radical (unpaired) electrons. The van der Waals surface area contributed by atoms with Crippen LogP contribution in [0, 0.1) is 5.82 Å². The molecule has 0 saturated carbocycles. The quantitative estimate of drug-likeness (QED) is 0.639. The first kappa shape index (κ1) is 20.8. The second-order valence-corrected chi connectivity index (χ2v) is 8.69. The van der Waals surface area contributed by atoms with Crippen molar-refractivity contribution in [3.8, 4) is 0 Å².